The summed E-state index contributed by atoms with van der Waals surface area (Å²) in [4.78, 5) is 0.0698. The lowest BCUT2D eigenvalue weighted by Crippen LogP contribution is -2.40. The summed E-state index contributed by atoms with van der Waals surface area (Å²) in [5, 5.41) is 1.98. The van der Waals surface area contributed by atoms with Gasteiger partial charge in [0.1, 0.15) is 10.8 Å². The van der Waals surface area contributed by atoms with Crippen LogP contribution in [0.4, 0.5) is 10.1 Å². The summed E-state index contributed by atoms with van der Waals surface area (Å²) in [6, 6.07) is 4.73. The number of thiocarbonyl (C=S) groups is 1. The lowest BCUT2D eigenvalue weighted by Gasteiger charge is -2.28. The molecule has 1 saturated heterocycles. The number of nitrogens with two attached hydrogens (primary N) is 1. The second-order valence-corrected chi connectivity index (χ2v) is 4.21. The maximum absolute atomic E-state index is 13.6. The molecule has 92 valence electrons. The predicted molar refractivity (Wildman–Crippen MR) is 68.3 cm³/mol. The molecule has 0 aromatic heterocycles. The molecule has 1 aliphatic rings. The first-order valence-electron chi connectivity index (χ1n) is 5.35. The van der Waals surface area contributed by atoms with E-state index in [-0.39, 0.29) is 10.6 Å². The van der Waals surface area contributed by atoms with Crippen LogP contribution >= 0.6 is 12.2 Å². The van der Waals surface area contributed by atoms with Crippen molar-refractivity contribution < 1.29 is 9.13 Å². The zero-order chi connectivity index (χ0) is 12.3. The van der Waals surface area contributed by atoms with Gasteiger partial charge in [-0.1, -0.05) is 12.2 Å². The number of hydrogen-bond donors (Lipinski definition) is 2. The van der Waals surface area contributed by atoms with Crippen LogP contribution in [0.2, 0.25) is 0 Å². The van der Waals surface area contributed by atoms with Crippen LogP contribution in [0.3, 0.4) is 0 Å². The van der Waals surface area contributed by atoms with E-state index in [0.717, 1.165) is 13.1 Å². The van der Waals surface area contributed by atoms with Gasteiger partial charge in [0.15, 0.2) is 0 Å². The van der Waals surface area contributed by atoms with E-state index in [4.69, 9.17) is 22.7 Å². The number of ether oxygens (including phenoxy) is 1. The minimum Gasteiger partial charge on any atom is -0.389 e. The summed E-state index contributed by atoms with van der Waals surface area (Å²) in [5.74, 6) is -0.407. The van der Waals surface area contributed by atoms with Gasteiger partial charge < -0.3 is 15.9 Å². The molecule has 1 heterocycles. The number of hydrogen-bond acceptors (Lipinski definition) is 4. The van der Waals surface area contributed by atoms with E-state index in [1.807, 2.05) is 5.01 Å². The Labute approximate surface area is 105 Å². The largest absolute Gasteiger partial charge is 0.389 e. The summed E-state index contributed by atoms with van der Waals surface area (Å²) in [7, 11) is 0. The fourth-order valence-electron chi connectivity index (χ4n) is 1.64. The molecule has 0 aliphatic carbocycles. The molecule has 0 spiro atoms. The fraction of sp³-hybridized carbons (Fsp3) is 0.364. The molecule has 0 atom stereocenters. The molecule has 17 heavy (non-hydrogen) atoms. The zero-order valence-corrected chi connectivity index (χ0v) is 10.1. The molecule has 4 nitrogen and oxygen atoms in total. The van der Waals surface area contributed by atoms with Gasteiger partial charge in [-0.3, -0.25) is 0 Å². The van der Waals surface area contributed by atoms with Gasteiger partial charge in [0.05, 0.1) is 18.9 Å². The topological polar surface area (TPSA) is 50.5 Å². The Hall–Kier alpha value is -1.24. The van der Waals surface area contributed by atoms with E-state index in [0.29, 0.717) is 18.9 Å². The lowest BCUT2D eigenvalue weighted by molar-refractivity contribution is 0.0497. The number of benzene rings is 1. The molecule has 0 bridgehead atoms. The third kappa shape index (κ3) is 3.12. The Morgan fingerprint density at radius 3 is 2.71 bits per heavy atom. The Bertz CT molecular complexity index is 421. The summed E-state index contributed by atoms with van der Waals surface area (Å²) in [5.41, 5.74) is 9.47. The minimum atomic E-state index is -0.407. The van der Waals surface area contributed by atoms with Gasteiger partial charge in [-0.25, -0.2) is 9.40 Å². The molecule has 1 fully saturated rings. The van der Waals surface area contributed by atoms with Gasteiger partial charge in [0, 0.05) is 18.7 Å². The van der Waals surface area contributed by atoms with E-state index in [1.165, 1.54) is 6.07 Å². The summed E-state index contributed by atoms with van der Waals surface area (Å²) < 4.78 is 18.8. The van der Waals surface area contributed by atoms with Gasteiger partial charge in [-0.2, -0.15) is 0 Å². The van der Waals surface area contributed by atoms with Gasteiger partial charge in [0.2, 0.25) is 0 Å². The molecule has 0 saturated carbocycles. The van der Waals surface area contributed by atoms with Crippen molar-refractivity contribution in [2.45, 2.75) is 0 Å². The summed E-state index contributed by atoms with van der Waals surface area (Å²) in [6.07, 6.45) is 0. The van der Waals surface area contributed by atoms with Gasteiger partial charge >= 0.3 is 0 Å². The highest BCUT2D eigenvalue weighted by molar-refractivity contribution is 7.80. The van der Waals surface area contributed by atoms with Crippen molar-refractivity contribution in [2.75, 3.05) is 31.7 Å². The Morgan fingerprint density at radius 1 is 1.41 bits per heavy atom. The van der Waals surface area contributed by atoms with Gasteiger partial charge in [-0.15, -0.1) is 0 Å². The van der Waals surface area contributed by atoms with Crippen molar-refractivity contribution in [1.82, 2.24) is 5.01 Å². The second-order valence-electron chi connectivity index (χ2n) is 3.77. The second kappa shape index (κ2) is 5.39. The molecule has 1 aromatic rings. The number of morpholine rings is 1. The molecule has 0 amide bonds. The molecule has 6 heteroatoms. The number of hydrazine groups is 1. The van der Waals surface area contributed by atoms with Crippen molar-refractivity contribution in [3.8, 4) is 0 Å². The van der Waals surface area contributed by atoms with Crippen molar-refractivity contribution in [3.05, 3.63) is 29.6 Å². The predicted octanol–water partition coefficient (Wildman–Crippen LogP) is 1.12. The lowest BCUT2D eigenvalue weighted by atomic mass is 10.2. The third-order valence-electron chi connectivity index (χ3n) is 2.53. The van der Waals surface area contributed by atoms with Crippen molar-refractivity contribution in [3.63, 3.8) is 0 Å². The quantitative estimate of drug-likeness (QED) is 0.793. The maximum Gasteiger partial charge on any atom is 0.135 e. The Morgan fingerprint density at radius 2 is 2.12 bits per heavy atom. The van der Waals surface area contributed by atoms with Crippen molar-refractivity contribution >= 4 is 22.9 Å². The van der Waals surface area contributed by atoms with E-state index in [9.17, 15) is 4.39 Å². The smallest absolute Gasteiger partial charge is 0.135 e. The third-order valence-corrected chi connectivity index (χ3v) is 2.75. The fourth-order valence-corrected chi connectivity index (χ4v) is 1.81. The number of nitrogens with one attached hydrogen (secondary N) is 1. The van der Waals surface area contributed by atoms with Gasteiger partial charge in [0.25, 0.3) is 0 Å². The normalized spacial score (nSPS) is 16.8. The van der Waals surface area contributed by atoms with E-state index in [1.54, 1.807) is 12.1 Å². The molecule has 0 radical (unpaired) electrons. The standard InChI is InChI=1S/C11H14FN3OS/c12-10-7-8(1-2-9(10)11(13)17)14-15-3-5-16-6-4-15/h1-2,7,14H,3-6H2,(H2,13,17). The molecule has 1 aromatic carbocycles. The number of nitrogens with zero attached hydrogens (tertiary/aromatic N) is 1. The molecule has 0 unspecified atom stereocenters. The van der Waals surface area contributed by atoms with Crippen molar-refractivity contribution in [2.24, 2.45) is 5.73 Å². The van der Waals surface area contributed by atoms with Crippen LogP contribution in [0.25, 0.3) is 0 Å². The van der Waals surface area contributed by atoms with Crippen LogP contribution in [0.15, 0.2) is 18.2 Å². The van der Waals surface area contributed by atoms with E-state index < -0.39 is 5.82 Å². The minimum absolute atomic E-state index is 0.0698. The zero-order valence-electron chi connectivity index (χ0n) is 9.28. The highest BCUT2D eigenvalue weighted by atomic mass is 32.1. The van der Waals surface area contributed by atoms with Gasteiger partial charge in [-0.05, 0) is 18.2 Å². The van der Waals surface area contributed by atoms with Crippen molar-refractivity contribution in [1.29, 1.82) is 0 Å². The number of anilines is 1. The molecular weight excluding hydrogens is 241 g/mol. The van der Waals surface area contributed by atoms with Crippen LogP contribution < -0.4 is 11.2 Å². The SMILES string of the molecule is NC(=S)c1ccc(NN2CCOCC2)cc1F. The first kappa shape index (κ1) is 12.2. The first-order chi connectivity index (χ1) is 8.16. The Kier molecular flexibility index (Phi) is 3.88. The average molecular weight is 255 g/mol. The summed E-state index contributed by atoms with van der Waals surface area (Å²) in [6.45, 7) is 2.91. The molecule has 3 N–H and O–H groups in total. The van der Waals surface area contributed by atoms with Crippen LogP contribution in [-0.4, -0.2) is 36.3 Å². The number of rotatable bonds is 3. The van der Waals surface area contributed by atoms with Crippen LogP contribution in [0.1, 0.15) is 5.56 Å². The molecule has 2 rings (SSSR count). The van der Waals surface area contributed by atoms with Crippen LogP contribution in [0.5, 0.6) is 0 Å². The highest BCUT2D eigenvalue weighted by Crippen LogP contribution is 2.15. The average Bonchev–Trinajstić information content (AvgIpc) is 2.30. The highest BCUT2D eigenvalue weighted by Gasteiger charge is 2.11. The maximum atomic E-state index is 13.6. The van der Waals surface area contributed by atoms with Crippen LogP contribution in [0, 0.1) is 5.82 Å². The van der Waals surface area contributed by atoms with E-state index in [2.05, 4.69) is 5.43 Å². The van der Waals surface area contributed by atoms with Crippen LogP contribution in [-0.2, 0) is 4.74 Å². The molecular formula is C11H14FN3OS. The monoisotopic (exact) mass is 255 g/mol. The number of halogens is 1. The first-order valence-corrected chi connectivity index (χ1v) is 5.76. The van der Waals surface area contributed by atoms with E-state index >= 15 is 0 Å². The molecule has 1 aliphatic heterocycles. The summed E-state index contributed by atoms with van der Waals surface area (Å²) >= 11 is 4.74. The Balaban J connectivity index is 2.06.